The molecule has 2 aliphatic carbocycles. The van der Waals surface area contributed by atoms with E-state index in [1.165, 1.54) is 43.4 Å². The normalized spacial score (nSPS) is 25.3. The molecule has 0 unspecified atom stereocenters. The van der Waals surface area contributed by atoms with Gasteiger partial charge < -0.3 is 10.6 Å². The van der Waals surface area contributed by atoms with E-state index < -0.39 is 0 Å². The minimum absolute atomic E-state index is 0.0677. The predicted octanol–water partition coefficient (Wildman–Crippen LogP) is 2.56. The van der Waals surface area contributed by atoms with E-state index in [0.29, 0.717) is 17.5 Å². The van der Waals surface area contributed by atoms with Gasteiger partial charge in [-0.1, -0.05) is 32.1 Å². The van der Waals surface area contributed by atoms with Crippen LogP contribution < -0.4 is 10.6 Å². The summed E-state index contributed by atoms with van der Waals surface area (Å²) < 4.78 is 0. The monoisotopic (exact) mass is 306 g/mol. The Morgan fingerprint density at radius 3 is 2.76 bits per heavy atom. The van der Waals surface area contributed by atoms with E-state index in [0.717, 1.165) is 12.3 Å². The average Bonchev–Trinajstić information content (AvgIpc) is 3.04. The largest absolute Gasteiger partial charge is 0.352 e. The highest BCUT2D eigenvalue weighted by atomic mass is 32.1. The second-order valence-electron chi connectivity index (χ2n) is 6.17. The molecular weight excluding hydrogens is 284 g/mol. The lowest BCUT2D eigenvalue weighted by Gasteiger charge is -2.21. The van der Waals surface area contributed by atoms with Crippen LogP contribution in [0.1, 0.15) is 48.9 Å². The molecule has 21 heavy (non-hydrogen) atoms. The zero-order valence-electron chi connectivity index (χ0n) is 12.1. The maximum absolute atomic E-state index is 11.9. The van der Waals surface area contributed by atoms with Crippen molar-refractivity contribution < 1.29 is 9.59 Å². The van der Waals surface area contributed by atoms with Gasteiger partial charge in [0.15, 0.2) is 0 Å². The van der Waals surface area contributed by atoms with Crippen LogP contribution in [0, 0.1) is 11.8 Å². The topological polar surface area (TPSA) is 58.2 Å². The standard InChI is InChI=1S/C16H22N2O2S/c19-15(9-17-16(20)12-6-7-21-10-12)18-14-8-13(14)11-4-2-1-3-5-11/h6-7,10-11,13-14H,1-5,8-9H2,(H,17,20)(H,18,19)/t13-,14+/m0/s1. The summed E-state index contributed by atoms with van der Waals surface area (Å²) >= 11 is 1.48. The number of nitrogens with one attached hydrogen (secondary N) is 2. The number of hydrogen-bond donors (Lipinski definition) is 2. The summed E-state index contributed by atoms with van der Waals surface area (Å²) in [6.07, 6.45) is 7.83. The Morgan fingerprint density at radius 2 is 2.05 bits per heavy atom. The zero-order chi connectivity index (χ0) is 14.7. The fourth-order valence-electron chi connectivity index (χ4n) is 3.38. The molecule has 0 aromatic carbocycles. The SMILES string of the molecule is O=C(CNC(=O)c1ccsc1)N[C@@H]1C[C@H]1C1CCCCC1. The van der Waals surface area contributed by atoms with Crippen molar-refractivity contribution in [3.8, 4) is 0 Å². The van der Waals surface area contributed by atoms with Crippen molar-refractivity contribution >= 4 is 23.2 Å². The summed E-state index contributed by atoms with van der Waals surface area (Å²) in [5.41, 5.74) is 0.624. The van der Waals surface area contributed by atoms with Crippen LogP contribution in [-0.2, 0) is 4.79 Å². The molecule has 114 valence electrons. The summed E-state index contributed by atoms with van der Waals surface area (Å²) in [5, 5.41) is 9.36. The van der Waals surface area contributed by atoms with Gasteiger partial charge in [0.2, 0.25) is 5.91 Å². The van der Waals surface area contributed by atoms with Crippen molar-refractivity contribution in [1.82, 2.24) is 10.6 Å². The smallest absolute Gasteiger partial charge is 0.252 e. The van der Waals surface area contributed by atoms with Crippen LogP contribution in [0.5, 0.6) is 0 Å². The number of rotatable bonds is 5. The van der Waals surface area contributed by atoms with Gasteiger partial charge in [-0.05, 0) is 29.7 Å². The highest BCUT2D eigenvalue weighted by Gasteiger charge is 2.43. The van der Waals surface area contributed by atoms with E-state index in [4.69, 9.17) is 0 Å². The highest BCUT2D eigenvalue weighted by molar-refractivity contribution is 7.08. The molecule has 2 N–H and O–H groups in total. The Labute approximate surface area is 129 Å². The lowest BCUT2D eigenvalue weighted by molar-refractivity contribution is -0.120. The van der Waals surface area contributed by atoms with Gasteiger partial charge >= 0.3 is 0 Å². The van der Waals surface area contributed by atoms with Crippen LogP contribution in [0.15, 0.2) is 16.8 Å². The molecule has 0 bridgehead atoms. The summed E-state index contributed by atoms with van der Waals surface area (Å²) in [6, 6.07) is 2.11. The van der Waals surface area contributed by atoms with E-state index in [9.17, 15) is 9.59 Å². The molecule has 1 aromatic rings. The van der Waals surface area contributed by atoms with Crippen molar-refractivity contribution in [1.29, 1.82) is 0 Å². The van der Waals surface area contributed by atoms with Crippen LogP contribution in [0.25, 0.3) is 0 Å². The summed E-state index contributed by atoms with van der Waals surface area (Å²) in [6.45, 7) is 0.0720. The average molecular weight is 306 g/mol. The maximum Gasteiger partial charge on any atom is 0.252 e. The van der Waals surface area contributed by atoms with Crippen LogP contribution in [0.4, 0.5) is 0 Å². The maximum atomic E-state index is 11.9. The molecule has 0 saturated heterocycles. The third kappa shape index (κ3) is 3.84. The van der Waals surface area contributed by atoms with Crippen molar-refractivity contribution in [2.45, 2.75) is 44.6 Å². The third-order valence-electron chi connectivity index (χ3n) is 4.63. The Morgan fingerprint density at radius 1 is 1.24 bits per heavy atom. The van der Waals surface area contributed by atoms with Crippen LogP contribution >= 0.6 is 11.3 Å². The molecule has 1 aromatic heterocycles. The first-order valence-electron chi connectivity index (χ1n) is 7.84. The lowest BCUT2D eigenvalue weighted by Crippen LogP contribution is -2.38. The van der Waals surface area contributed by atoms with E-state index in [2.05, 4.69) is 10.6 Å². The molecule has 0 aliphatic heterocycles. The highest BCUT2D eigenvalue weighted by Crippen LogP contribution is 2.44. The van der Waals surface area contributed by atoms with Gasteiger partial charge in [0.1, 0.15) is 0 Å². The molecule has 2 saturated carbocycles. The molecular formula is C16H22N2O2S. The molecule has 2 amide bonds. The van der Waals surface area contributed by atoms with Gasteiger partial charge in [0.05, 0.1) is 6.54 Å². The fraction of sp³-hybridized carbons (Fsp3) is 0.625. The number of amides is 2. The molecule has 1 heterocycles. The molecule has 0 spiro atoms. The number of carbonyl (C=O) groups excluding carboxylic acids is 2. The molecule has 0 radical (unpaired) electrons. The lowest BCUT2D eigenvalue weighted by atomic mass is 9.85. The molecule has 2 aliphatic rings. The molecule has 4 nitrogen and oxygen atoms in total. The second-order valence-corrected chi connectivity index (χ2v) is 6.95. The number of hydrogen-bond acceptors (Lipinski definition) is 3. The van der Waals surface area contributed by atoms with Crippen molar-refractivity contribution in [3.63, 3.8) is 0 Å². The van der Waals surface area contributed by atoms with Gasteiger partial charge in [-0.15, -0.1) is 0 Å². The van der Waals surface area contributed by atoms with E-state index in [1.54, 1.807) is 11.4 Å². The van der Waals surface area contributed by atoms with E-state index in [1.807, 2.05) is 5.38 Å². The minimum atomic E-state index is -0.175. The predicted molar refractivity (Wildman–Crippen MR) is 83.3 cm³/mol. The quantitative estimate of drug-likeness (QED) is 0.878. The van der Waals surface area contributed by atoms with Gasteiger partial charge in [0.25, 0.3) is 5.91 Å². The van der Waals surface area contributed by atoms with Gasteiger partial charge in [-0.25, -0.2) is 0 Å². The third-order valence-corrected chi connectivity index (χ3v) is 5.32. The van der Waals surface area contributed by atoms with Crippen LogP contribution in [0.3, 0.4) is 0 Å². The van der Waals surface area contributed by atoms with Gasteiger partial charge in [0, 0.05) is 17.0 Å². The fourth-order valence-corrected chi connectivity index (χ4v) is 4.01. The zero-order valence-corrected chi connectivity index (χ0v) is 13.0. The number of carbonyl (C=O) groups is 2. The molecule has 3 rings (SSSR count). The summed E-state index contributed by atoms with van der Waals surface area (Å²) in [7, 11) is 0. The minimum Gasteiger partial charge on any atom is -0.352 e. The van der Waals surface area contributed by atoms with E-state index in [-0.39, 0.29) is 18.4 Å². The molecule has 2 fully saturated rings. The van der Waals surface area contributed by atoms with E-state index >= 15 is 0 Å². The van der Waals surface area contributed by atoms with Gasteiger partial charge in [-0.3, -0.25) is 9.59 Å². The Balaban J connectivity index is 1.36. The number of thiophene rings is 1. The first kappa shape index (κ1) is 14.6. The molecule has 2 atom stereocenters. The summed E-state index contributed by atoms with van der Waals surface area (Å²) in [4.78, 5) is 23.6. The first-order chi connectivity index (χ1) is 10.2. The second kappa shape index (κ2) is 6.60. The summed E-state index contributed by atoms with van der Waals surface area (Å²) in [5.74, 6) is 1.25. The Kier molecular flexibility index (Phi) is 4.58. The Bertz CT molecular complexity index is 494. The Hall–Kier alpha value is -1.36. The molecule has 5 heteroatoms. The van der Waals surface area contributed by atoms with Crippen molar-refractivity contribution in [2.24, 2.45) is 11.8 Å². The first-order valence-corrected chi connectivity index (χ1v) is 8.78. The van der Waals surface area contributed by atoms with Crippen LogP contribution in [0.2, 0.25) is 0 Å². The van der Waals surface area contributed by atoms with Gasteiger partial charge in [-0.2, -0.15) is 11.3 Å². The van der Waals surface area contributed by atoms with Crippen molar-refractivity contribution in [2.75, 3.05) is 6.54 Å². The van der Waals surface area contributed by atoms with Crippen LogP contribution in [-0.4, -0.2) is 24.4 Å². The van der Waals surface area contributed by atoms with Crippen molar-refractivity contribution in [3.05, 3.63) is 22.4 Å².